The molecule has 0 aliphatic rings. The number of benzene rings is 1. The lowest BCUT2D eigenvalue weighted by atomic mass is 10.1. The Hall–Kier alpha value is -1.38. The fourth-order valence-corrected chi connectivity index (χ4v) is 2.09. The van der Waals surface area contributed by atoms with Crippen LogP contribution in [-0.2, 0) is 0 Å². The molecule has 1 aromatic carbocycles. The average Bonchev–Trinajstić information content (AvgIpc) is 2.28. The first-order valence-corrected chi connectivity index (χ1v) is 5.50. The molecule has 0 atom stereocenters. The monoisotopic (exact) mass is 248 g/mol. The van der Waals surface area contributed by atoms with Crippen LogP contribution in [-0.4, -0.2) is 9.97 Å². The summed E-state index contributed by atoms with van der Waals surface area (Å²) in [6.45, 7) is 0. The number of pyridine rings is 2. The van der Waals surface area contributed by atoms with Gasteiger partial charge in [0.05, 0.1) is 16.1 Å². The molecule has 3 rings (SSSR count). The summed E-state index contributed by atoms with van der Waals surface area (Å²) >= 11 is 12.0. The quantitative estimate of drug-likeness (QED) is 0.561. The summed E-state index contributed by atoms with van der Waals surface area (Å²) in [5, 5.41) is 3.15. The predicted molar refractivity (Wildman–Crippen MR) is 67.1 cm³/mol. The van der Waals surface area contributed by atoms with E-state index in [4.69, 9.17) is 23.2 Å². The number of hydrogen-bond acceptors (Lipinski definition) is 2. The SMILES string of the molecule is Clc1ccc2c(c1)ncc1c(Cl)ccnc12. The highest BCUT2D eigenvalue weighted by atomic mass is 35.5. The van der Waals surface area contributed by atoms with Gasteiger partial charge in [0.15, 0.2) is 0 Å². The molecule has 2 nitrogen and oxygen atoms in total. The molecule has 0 aliphatic heterocycles. The highest BCUT2D eigenvalue weighted by Crippen LogP contribution is 2.27. The molecule has 2 heterocycles. The second-order valence-corrected chi connectivity index (χ2v) is 4.32. The molecule has 0 saturated carbocycles. The second kappa shape index (κ2) is 3.58. The molecular weight excluding hydrogens is 243 g/mol. The van der Waals surface area contributed by atoms with E-state index in [0.29, 0.717) is 10.0 Å². The molecule has 0 unspecified atom stereocenters. The average molecular weight is 249 g/mol. The molecule has 0 bridgehead atoms. The van der Waals surface area contributed by atoms with E-state index in [0.717, 1.165) is 21.8 Å². The van der Waals surface area contributed by atoms with E-state index in [-0.39, 0.29) is 0 Å². The van der Waals surface area contributed by atoms with Crippen LogP contribution in [0.5, 0.6) is 0 Å². The van der Waals surface area contributed by atoms with Gasteiger partial charge in [-0.15, -0.1) is 0 Å². The van der Waals surface area contributed by atoms with Gasteiger partial charge in [-0.2, -0.15) is 0 Å². The summed E-state index contributed by atoms with van der Waals surface area (Å²) in [5.74, 6) is 0. The predicted octanol–water partition coefficient (Wildman–Crippen LogP) is 4.09. The lowest BCUT2D eigenvalue weighted by molar-refractivity contribution is 1.38. The van der Waals surface area contributed by atoms with Crippen LogP contribution in [0.2, 0.25) is 10.0 Å². The van der Waals surface area contributed by atoms with E-state index in [2.05, 4.69) is 9.97 Å². The van der Waals surface area contributed by atoms with Crippen molar-refractivity contribution in [3.63, 3.8) is 0 Å². The van der Waals surface area contributed by atoms with E-state index in [1.807, 2.05) is 18.2 Å². The fourth-order valence-electron chi connectivity index (χ4n) is 1.73. The molecular formula is C12H6Cl2N2. The third kappa shape index (κ3) is 1.42. The van der Waals surface area contributed by atoms with E-state index >= 15 is 0 Å². The Labute approximate surface area is 102 Å². The van der Waals surface area contributed by atoms with Gasteiger partial charge in [-0.3, -0.25) is 9.97 Å². The molecule has 16 heavy (non-hydrogen) atoms. The minimum absolute atomic E-state index is 0.661. The van der Waals surface area contributed by atoms with Gasteiger partial charge in [-0.1, -0.05) is 23.2 Å². The summed E-state index contributed by atoms with van der Waals surface area (Å²) < 4.78 is 0. The topological polar surface area (TPSA) is 25.8 Å². The number of hydrogen-bond donors (Lipinski definition) is 0. The Balaban J connectivity index is 2.55. The lowest BCUT2D eigenvalue weighted by Crippen LogP contribution is -1.85. The van der Waals surface area contributed by atoms with Crippen LogP contribution in [0.15, 0.2) is 36.7 Å². The van der Waals surface area contributed by atoms with Gasteiger partial charge in [0, 0.05) is 28.2 Å². The van der Waals surface area contributed by atoms with E-state index in [1.165, 1.54) is 0 Å². The molecule has 2 aromatic heterocycles. The Morgan fingerprint density at radius 3 is 2.69 bits per heavy atom. The maximum absolute atomic E-state index is 6.08. The number of halogens is 2. The van der Waals surface area contributed by atoms with Crippen molar-refractivity contribution in [1.82, 2.24) is 9.97 Å². The van der Waals surface area contributed by atoms with Crippen molar-refractivity contribution < 1.29 is 0 Å². The zero-order valence-corrected chi connectivity index (χ0v) is 9.63. The van der Waals surface area contributed by atoms with Gasteiger partial charge < -0.3 is 0 Å². The first kappa shape index (κ1) is 9.82. The van der Waals surface area contributed by atoms with Crippen molar-refractivity contribution in [2.75, 3.05) is 0 Å². The van der Waals surface area contributed by atoms with Crippen LogP contribution < -0.4 is 0 Å². The van der Waals surface area contributed by atoms with E-state index in [1.54, 1.807) is 18.5 Å². The van der Waals surface area contributed by atoms with Gasteiger partial charge in [-0.05, 0) is 24.3 Å². The zero-order valence-electron chi connectivity index (χ0n) is 8.11. The summed E-state index contributed by atoms with van der Waals surface area (Å²) in [7, 11) is 0. The molecule has 0 saturated heterocycles. The van der Waals surface area contributed by atoms with Crippen LogP contribution >= 0.6 is 23.2 Å². The van der Waals surface area contributed by atoms with Crippen LogP contribution in [0.4, 0.5) is 0 Å². The number of rotatable bonds is 0. The van der Waals surface area contributed by atoms with Crippen molar-refractivity contribution in [2.24, 2.45) is 0 Å². The molecule has 4 heteroatoms. The fraction of sp³-hybridized carbons (Fsp3) is 0. The maximum Gasteiger partial charge on any atom is 0.0826 e. The van der Waals surface area contributed by atoms with Crippen LogP contribution in [0, 0.1) is 0 Å². The Morgan fingerprint density at radius 2 is 1.81 bits per heavy atom. The molecule has 0 fully saturated rings. The van der Waals surface area contributed by atoms with Gasteiger partial charge in [0.1, 0.15) is 0 Å². The third-order valence-corrected chi connectivity index (χ3v) is 3.05. The zero-order chi connectivity index (χ0) is 11.1. The molecule has 0 N–H and O–H groups in total. The molecule has 78 valence electrons. The lowest BCUT2D eigenvalue weighted by Gasteiger charge is -2.03. The van der Waals surface area contributed by atoms with Crippen molar-refractivity contribution in [3.8, 4) is 0 Å². The Bertz CT molecular complexity index is 695. The second-order valence-electron chi connectivity index (χ2n) is 3.47. The standard InChI is InChI=1S/C12H6Cl2N2/c13-7-1-2-8-11(5-7)16-6-9-10(14)3-4-15-12(8)9/h1-6H. The molecule has 0 spiro atoms. The van der Waals surface area contributed by atoms with E-state index < -0.39 is 0 Å². The van der Waals surface area contributed by atoms with Crippen molar-refractivity contribution in [3.05, 3.63) is 46.7 Å². The largest absolute Gasteiger partial charge is 0.255 e. The summed E-state index contributed by atoms with van der Waals surface area (Å²) in [4.78, 5) is 8.65. The third-order valence-electron chi connectivity index (χ3n) is 2.48. The summed E-state index contributed by atoms with van der Waals surface area (Å²) in [6, 6.07) is 7.32. The van der Waals surface area contributed by atoms with Crippen molar-refractivity contribution >= 4 is 45.0 Å². The minimum Gasteiger partial charge on any atom is -0.255 e. The summed E-state index contributed by atoms with van der Waals surface area (Å²) in [5.41, 5.74) is 1.68. The van der Waals surface area contributed by atoms with Crippen molar-refractivity contribution in [1.29, 1.82) is 0 Å². The first-order chi connectivity index (χ1) is 7.75. The van der Waals surface area contributed by atoms with E-state index in [9.17, 15) is 0 Å². The summed E-state index contributed by atoms with van der Waals surface area (Å²) in [6.07, 6.45) is 3.42. The molecule has 0 amide bonds. The number of aromatic nitrogens is 2. The molecule has 0 aliphatic carbocycles. The molecule has 0 radical (unpaired) electrons. The number of fused-ring (bicyclic) bond motifs is 3. The number of nitrogens with zero attached hydrogens (tertiary/aromatic N) is 2. The minimum atomic E-state index is 0.661. The molecule has 3 aromatic rings. The first-order valence-electron chi connectivity index (χ1n) is 4.74. The normalized spacial score (nSPS) is 11.1. The van der Waals surface area contributed by atoms with Crippen LogP contribution in [0.25, 0.3) is 21.8 Å². The highest BCUT2D eigenvalue weighted by molar-refractivity contribution is 6.36. The Kier molecular flexibility index (Phi) is 2.20. The van der Waals surface area contributed by atoms with Crippen molar-refractivity contribution in [2.45, 2.75) is 0 Å². The van der Waals surface area contributed by atoms with Crippen LogP contribution in [0.3, 0.4) is 0 Å². The van der Waals surface area contributed by atoms with Gasteiger partial charge in [0.2, 0.25) is 0 Å². The maximum atomic E-state index is 6.08. The van der Waals surface area contributed by atoms with Gasteiger partial charge in [-0.25, -0.2) is 0 Å². The van der Waals surface area contributed by atoms with Gasteiger partial charge in [0.25, 0.3) is 0 Å². The van der Waals surface area contributed by atoms with Crippen LogP contribution in [0.1, 0.15) is 0 Å². The highest BCUT2D eigenvalue weighted by Gasteiger charge is 2.05. The smallest absolute Gasteiger partial charge is 0.0826 e. The Morgan fingerprint density at radius 1 is 0.938 bits per heavy atom. The van der Waals surface area contributed by atoms with Gasteiger partial charge >= 0.3 is 0 Å².